The number of halogens is 5. The summed E-state index contributed by atoms with van der Waals surface area (Å²) in [6, 6.07) is 2.06. The summed E-state index contributed by atoms with van der Waals surface area (Å²) < 4.78 is 54.0. The van der Waals surface area contributed by atoms with Gasteiger partial charge in [0.25, 0.3) is 0 Å². The van der Waals surface area contributed by atoms with Crippen molar-refractivity contribution in [3.63, 3.8) is 0 Å². The van der Waals surface area contributed by atoms with Gasteiger partial charge in [-0.1, -0.05) is 11.6 Å². The summed E-state index contributed by atoms with van der Waals surface area (Å²) in [4.78, 5) is 10.8. The molecule has 0 fully saturated rings. The molecule has 0 aliphatic heterocycles. The number of carbonyl (C=O) groups excluding carboxylic acids is 1. The van der Waals surface area contributed by atoms with Crippen LogP contribution in [-0.4, -0.2) is 19.1 Å². The van der Waals surface area contributed by atoms with Crippen LogP contribution in [0.4, 0.5) is 17.6 Å². The Morgan fingerprint density at radius 1 is 1.41 bits per heavy atom. The number of ether oxygens (including phenoxy) is 1. The number of methoxy groups -OCH3 is 1. The van der Waals surface area contributed by atoms with Crippen LogP contribution >= 0.6 is 11.6 Å². The first-order valence-corrected chi connectivity index (χ1v) is 4.76. The van der Waals surface area contributed by atoms with Crippen LogP contribution in [0.15, 0.2) is 12.1 Å². The van der Waals surface area contributed by atoms with Crippen LogP contribution in [0.2, 0.25) is 5.02 Å². The number of carbonyl (C=O) groups is 1. The van der Waals surface area contributed by atoms with Gasteiger partial charge in [-0.2, -0.15) is 13.2 Å². The summed E-state index contributed by atoms with van der Waals surface area (Å²) in [5, 5.41) is -0.540. The molecular formula is C10H7ClF4O2. The molecule has 1 aromatic carbocycles. The van der Waals surface area contributed by atoms with Crippen molar-refractivity contribution in [1.82, 2.24) is 0 Å². The van der Waals surface area contributed by atoms with E-state index in [0.717, 1.165) is 12.1 Å². The number of rotatable bonds is 3. The van der Waals surface area contributed by atoms with E-state index in [-0.39, 0.29) is 11.3 Å². The Morgan fingerprint density at radius 3 is 2.47 bits per heavy atom. The number of alkyl halides is 3. The van der Waals surface area contributed by atoms with Crippen LogP contribution in [0.25, 0.3) is 0 Å². The number of hydrogen-bond donors (Lipinski definition) is 0. The number of Topliss-reactive ketones (excluding diaryl/α,β-unsaturated/α-hetero) is 1. The topological polar surface area (TPSA) is 26.3 Å². The minimum atomic E-state index is -4.99. The van der Waals surface area contributed by atoms with Gasteiger partial charge in [0.05, 0.1) is 12.1 Å². The van der Waals surface area contributed by atoms with Crippen LogP contribution in [0.1, 0.15) is 5.56 Å². The van der Waals surface area contributed by atoms with Crippen molar-refractivity contribution in [3.8, 4) is 5.75 Å². The molecule has 94 valence electrons. The molecule has 0 amide bonds. The van der Waals surface area contributed by atoms with Crippen molar-refractivity contribution >= 4 is 17.4 Å². The molecule has 7 heteroatoms. The average molecular weight is 271 g/mol. The molecule has 0 aliphatic rings. The SMILES string of the molecule is COc1ccc(F)c(Cl)c1CC(=O)C(F)(F)F. The second-order valence-electron chi connectivity index (χ2n) is 3.14. The van der Waals surface area contributed by atoms with Gasteiger partial charge in [-0.15, -0.1) is 0 Å². The Labute approximate surface area is 99.1 Å². The lowest BCUT2D eigenvalue weighted by atomic mass is 10.1. The predicted molar refractivity (Wildman–Crippen MR) is 52.7 cm³/mol. The van der Waals surface area contributed by atoms with E-state index in [2.05, 4.69) is 0 Å². The van der Waals surface area contributed by atoms with Crippen LogP contribution in [-0.2, 0) is 11.2 Å². The Morgan fingerprint density at radius 2 is 2.00 bits per heavy atom. The molecule has 1 aromatic rings. The second kappa shape index (κ2) is 4.91. The molecule has 0 unspecified atom stereocenters. The maximum absolute atomic E-state index is 13.1. The summed E-state index contributed by atoms with van der Waals surface area (Å²) in [5.74, 6) is -2.98. The predicted octanol–water partition coefficient (Wildman–Crippen LogP) is 3.16. The van der Waals surface area contributed by atoms with E-state index in [1.807, 2.05) is 0 Å². The number of hydrogen-bond acceptors (Lipinski definition) is 2. The van der Waals surface area contributed by atoms with Gasteiger partial charge in [-0.05, 0) is 12.1 Å². The molecule has 1 rings (SSSR count). The van der Waals surface area contributed by atoms with Crippen molar-refractivity contribution in [2.45, 2.75) is 12.6 Å². The van der Waals surface area contributed by atoms with Crippen LogP contribution in [0.3, 0.4) is 0 Å². The quantitative estimate of drug-likeness (QED) is 0.789. The summed E-state index contributed by atoms with van der Waals surface area (Å²) >= 11 is 5.50. The third-order valence-electron chi connectivity index (χ3n) is 2.03. The fraction of sp³-hybridized carbons (Fsp3) is 0.300. The van der Waals surface area contributed by atoms with Crippen molar-refractivity contribution in [2.75, 3.05) is 7.11 Å². The third kappa shape index (κ3) is 3.09. The van der Waals surface area contributed by atoms with Crippen molar-refractivity contribution in [1.29, 1.82) is 0 Å². The lowest BCUT2D eigenvalue weighted by Crippen LogP contribution is -2.25. The molecule has 0 saturated carbocycles. The van der Waals surface area contributed by atoms with Crippen molar-refractivity contribution in [3.05, 3.63) is 28.5 Å². The van der Waals surface area contributed by atoms with Gasteiger partial charge in [-0.3, -0.25) is 4.79 Å². The minimum Gasteiger partial charge on any atom is -0.496 e. The Kier molecular flexibility index (Phi) is 3.98. The monoisotopic (exact) mass is 270 g/mol. The van der Waals surface area contributed by atoms with E-state index in [1.54, 1.807) is 0 Å². The average Bonchev–Trinajstić information content (AvgIpc) is 2.23. The van der Waals surface area contributed by atoms with Gasteiger partial charge in [0, 0.05) is 12.0 Å². The van der Waals surface area contributed by atoms with E-state index >= 15 is 0 Å². The molecule has 0 aromatic heterocycles. The van der Waals surface area contributed by atoms with E-state index in [9.17, 15) is 22.4 Å². The molecule has 0 aliphatic carbocycles. The zero-order valence-electron chi connectivity index (χ0n) is 8.57. The minimum absolute atomic E-state index is 0.0611. The smallest absolute Gasteiger partial charge is 0.450 e. The fourth-order valence-corrected chi connectivity index (χ4v) is 1.41. The Hall–Kier alpha value is -1.30. The standard InChI is InChI=1S/C10H7ClF4O2/c1-17-7-3-2-6(12)9(11)5(7)4-8(16)10(13,14)15/h2-3H,4H2,1H3. The maximum atomic E-state index is 13.1. The summed E-state index contributed by atoms with van der Waals surface area (Å²) in [6.07, 6.45) is -6.04. The number of benzene rings is 1. The molecule has 0 heterocycles. The summed E-state index contributed by atoms with van der Waals surface area (Å²) in [6.45, 7) is 0. The molecular weight excluding hydrogens is 264 g/mol. The lowest BCUT2D eigenvalue weighted by molar-refractivity contribution is -0.170. The molecule has 0 saturated heterocycles. The van der Waals surface area contributed by atoms with Crippen LogP contribution in [0, 0.1) is 5.82 Å². The molecule has 0 atom stereocenters. The van der Waals surface area contributed by atoms with Crippen LogP contribution < -0.4 is 4.74 Å². The normalized spacial score (nSPS) is 11.4. The maximum Gasteiger partial charge on any atom is 0.450 e. The van der Waals surface area contributed by atoms with Crippen molar-refractivity contribution in [2.24, 2.45) is 0 Å². The highest BCUT2D eigenvalue weighted by Crippen LogP contribution is 2.31. The fourth-order valence-electron chi connectivity index (χ4n) is 1.19. The van der Waals surface area contributed by atoms with Crippen LogP contribution in [0.5, 0.6) is 5.75 Å². The van der Waals surface area contributed by atoms with E-state index in [0.29, 0.717) is 0 Å². The van der Waals surface area contributed by atoms with Gasteiger partial charge in [-0.25, -0.2) is 4.39 Å². The Balaban J connectivity index is 3.13. The number of ketones is 1. The molecule has 0 radical (unpaired) electrons. The van der Waals surface area contributed by atoms with E-state index < -0.39 is 29.2 Å². The molecule has 0 spiro atoms. The zero-order chi connectivity index (χ0) is 13.2. The summed E-state index contributed by atoms with van der Waals surface area (Å²) in [7, 11) is 1.19. The Bertz CT molecular complexity index is 443. The second-order valence-corrected chi connectivity index (χ2v) is 3.52. The first-order valence-electron chi connectivity index (χ1n) is 4.38. The van der Waals surface area contributed by atoms with Gasteiger partial charge in [0.2, 0.25) is 5.78 Å². The lowest BCUT2D eigenvalue weighted by Gasteiger charge is -2.11. The third-order valence-corrected chi connectivity index (χ3v) is 2.44. The summed E-state index contributed by atoms with van der Waals surface area (Å²) in [5.41, 5.74) is -0.309. The van der Waals surface area contributed by atoms with Gasteiger partial charge in [0.15, 0.2) is 0 Å². The highest BCUT2D eigenvalue weighted by molar-refractivity contribution is 6.32. The highest BCUT2D eigenvalue weighted by atomic mass is 35.5. The molecule has 17 heavy (non-hydrogen) atoms. The molecule has 0 bridgehead atoms. The zero-order valence-corrected chi connectivity index (χ0v) is 9.32. The highest BCUT2D eigenvalue weighted by Gasteiger charge is 2.38. The van der Waals surface area contributed by atoms with E-state index in [4.69, 9.17) is 16.3 Å². The molecule has 2 nitrogen and oxygen atoms in total. The molecule has 0 N–H and O–H groups in total. The first kappa shape index (κ1) is 13.8. The van der Waals surface area contributed by atoms with E-state index in [1.165, 1.54) is 7.11 Å². The first-order chi connectivity index (χ1) is 7.77. The van der Waals surface area contributed by atoms with Gasteiger partial charge in [0.1, 0.15) is 11.6 Å². The van der Waals surface area contributed by atoms with Gasteiger partial charge >= 0.3 is 6.18 Å². The van der Waals surface area contributed by atoms with Crippen molar-refractivity contribution < 1.29 is 27.1 Å². The van der Waals surface area contributed by atoms with Gasteiger partial charge < -0.3 is 4.74 Å². The largest absolute Gasteiger partial charge is 0.496 e.